The Labute approximate surface area is 123 Å². The SMILES string of the molecule is O=C(O)c1c(Nc2c(F)cccc2Cl)nc2ccccn12. The van der Waals surface area contributed by atoms with Gasteiger partial charge in [-0.1, -0.05) is 23.7 Å². The number of aromatic nitrogens is 2. The summed E-state index contributed by atoms with van der Waals surface area (Å²) in [6.45, 7) is 0. The van der Waals surface area contributed by atoms with E-state index in [0.717, 1.165) is 0 Å². The second-order valence-electron chi connectivity index (χ2n) is 4.26. The van der Waals surface area contributed by atoms with E-state index in [2.05, 4.69) is 10.3 Å². The lowest BCUT2D eigenvalue weighted by Crippen LogP contribution is -2.06. The van der Waals surface area contributed by atoms with Crippen molar-refractivity contribution in [3.05, 3.63) is 59.1 Å². The van der Waals surface area contributed by atoms with E-state index in [1.165, 1.54) is 22.6 Å². The largest absolute Gasteiger partial charge is 0.476 e. The van der Waals surface area contributed by atoms with E-state index in [1.54, 1.807) is 24.4 Å². The van der Waals surface area contributed by atoms with E-state index >= 15 is 0 Å². The summed E-state index contributed by atoms with van der Waals surface area (Å²) in [6, 6.07) is 9.26. The highest BCUT2D eigenvalue weighted by Crippen LogP contribution is 2.29. The quantitative estimate of drug-likeness (QED) is 0.776. The lowest BCUT2D eigenvalue weighted by atomic mass is 10.3. The van der Waals surface area contributed by atoms with Crippen molar-refractivity contribution in [2.24, 2.45) is 0 Å². The number of benzene rings is 1. The van der Waals surface area contributed by atoms with Crippen molar-refractivity contribution in [3.63, 3.8) is 0 Å². The van der Waals surface area contributed by atoms with Crippen molar-refractivity contribution in [2.45, 2.75) is 0 Å². The van der Waals surface area contributed by atoms with Crippen LogP contribution in [0.15, 0.2) is 42.6 Å². The number of carbonyl (C=O) groups is 1. The number of nitrogens with one attached hydrogen (secondary N) is 1. The van der Waals surface area contributed by atoms with E-state index in [-0.39, 0.29) is 22.2 Å². The van der Waals surface area contributed by atoms with Crippen LogP contribution in [0, 0.1) is 5.82 Å². The summed E-state index contributed by atoms with van der Waals surface area (Å²) >= 11 is 5.93. The Morgan fingerprint density at radius 1 is 1.29 bits per heavy atom. The van der Waals surface area contributed by atoms with Crippen molar-refractivity contribution < 1.29 is 14.3 Å². The first kappa shape index (κ1) is 13.4. The zero-order chi connectivity index (χ0) is 15.0. The second kappa shape index (κ2) is 5.06. The highest BCUT2D eigenvalue weighted by molar-refractivity contribution is 6.33. The molecule has 0 spiro atoms. The standard InChI is InChI=1S/C14H9ClFN3O2/c15-8-4-3-5-9(16)11(8)18-13-12(14(20)21)19-7-2-1-6-10(19)17-13/h1-7,18H,(H,20,21). The van der Waals surface area contributed by atoms with Gasteiger partial charge in [-0.2, -0.15) is 0 Å². The van der Waals surface area contributed by atoms with Gasteiger partial charge in [-0.15, -0.1) is 0 Å². The van der Waals surface area contributed by atoms with Gasteiger partial charge in [-0.05, 0) is 24.3 Å². The molecular formula is C14H9ClFN3O2. The fraction of sp³-hybridized carbons (Fsp3) is 0. The van der Waals surface area contributed by atoms with Crippen molar-refractivity contribution in [1.82, 2.24) is 9.38 Å². The van der Waals surface area contributed by atoms with E-state index in [1.807, 2.05) is 0 Å². The van der Waals surface area contributed by atoms with Crippen molar-refractivity contribution in [3.8, 4) is 0 Å². The van der Waals surface area contributed by atoms with Gasteiger partial charge in [0.05, 0.1) is 10.7 Å². The molecule has 0 saturated carbocycles. The molecule has 106 valence electrons. The minimum Gasteiger partial charge on any atom is -0.476 e. The molecule has 0 atom stereocenters. The minimum absolute atomic E-state index is 0.00919. The Bertz CT molecular complexity index is 827. The summed E-state index contributed by atoms with van der Waals surface area (Å²) in [4.78, 5) is 15.6. The van der Waals surface area contributed by atoms with E-state index in [9.17, 15) is 14.3 Å². The van der Waals surface area contributed by atoms with Crippen molar-refractivity contribution in [2.75, 3.05) is 5.32 Å². The summed E-state index contributed by atoms with van der Waals surface area (Å²) in [7, 11) is 0. The Hall–Kier alpha value is -2.60. The lowest BCUT2D eigenvalue weighted by molar-refractivity contribution is 0.0690. The number of imidazole rings is 1. The number of hydrogen-bond acceptors (Lipinski definition) is 3. The summed E-state index contributed by atoms with van der Waals surface area (Å²) < 4.78 is 15.2. The van der Waals surface area contributed by atoms with Gasteiger partial charge >= 0.3 is 5.97 Å². The van der Waals surface area contributed by atoms with Gasteiger partial charge in [-0.25, -0.2) is 14.2 Å². The highest BCUT2D eigenvalue weighted by atomic mass is 35.5. The van der Waals surface area contributed by atoms with Gasteiger partial charge in [0.15, 0.2) is 11.5 Å². The molecule has 0 aliphatic heterocycles. The third kappa shape index (κ3) is 2.30. The third-order valence-electron chi connectivity index (χ3n) is 2.94. The van der Waals surface area contributed by atoms with Crippen LogP contribution in [0.1, 0.15) is 10.5 Å². The van der Waals surface area contributed by atoms with Gasteiger partial charge < -0.3 is 10.4 Å². The molecule has 0 bridgehead atoms. The van der Waals surface area contributed by atoms with Crippen molar-refractivity contribution in [1.29, 1.82) is 0 Å². The van der Waals surface area contributed by atoms with Crippen LogP contribution in [0.2, 0.25) is 5.02 Å². The van der Waals surface area contributed by atoms with Crippen LogP contribution in [-0.2, 0) is 0 Å². The number of para-hydroxylation sites is 1. The maximum Gasteiger partial charge on any atom is 0.356 e. The van der Waals surface area contributed by atoms with Crippen LogP contribution in [0.25, 0.3) is 5.65 Å². The average Bonchev–Trinajstić information content (AvgIpc) is 2.81. The van der Waals surface area contributed by atoms with Gasteiger partial charge in [0, 0.05) is 6.20 Å². The Morgan fingerprint density at radius 3 is 2.81 bits per heavy atom. The number of aromatic carboxylic acids is 1. The van der Waals surface area contributed by atoms with Gasteiger partial charge in [0.2, 0.25) is 0 Å². The second-order valence-corrected chi connectivity index (χ2v) is 4.67. The first-order valence-electron chi connectivity index (χ1n) is 5.99. The Kier molecular flexibility index (Phi) is 3.23. The molecule has 3 aromatic rings. The number of carboxylic acid groups (broad SMARTS) is 1. The Balaban J connectivity index is 2.17. The molecule has 7 heteroatoms. The Morgan fingerprint density at radius 2 is 2.10 bits per heavy atom. The zero-order valence-corrected chi connectivity index (χ0v) is 11.3. The number of nitrogens with zero attached hydrogens (tertiary/aromatic N) is 2. The fourth-order valence-electron chi connectivity index (χ4n) is 2.02. The maximum absolute atomic E-state index is 13.8. The normalized spacial score (nSPS) is 10.8. The molecule has 0 fully saturated rings. The lowest BCUT2D eigenvalue weighted by Gasteiger charge is -2.07. The summed E-state index contributed by atoms with van der Waals surface area (Å²) in [5.41, 5.74) is 0.333. The van der Waals surface area contributed by atoms with E-state index in [4.69, 9.17) is 11.6 Å². The molecule has 2 N–H and O–H groups in total. The molecule has 2 heterocycles. The van der Waals surface area contributed by atoms with Crippen LogP contribution < -0.4 is 5.32 Å². The maximum atomic E-state index is 13.8. The molecule has 0 radical (unpaired) electrons. The highest BCUT2D eigenvalue weighted by Gasteiger charge is 2.20. The van der Waals surface area contributed by atoms with Gasteiger partial charge in [0.1, 0.15) is 11.5 Å². The number of hydrogen-bond donors (Lipinski definition) is 2. The molecule has 3 rings (SSSR count). The number of rotatable bonds is 3. The van der Waals surface area contributed by atoms with E-state index in [0.29, 0.717) is 5.65 Å². The molecule has 0 amide bonds. The van der Waals surface area contributed by atoms with Gasteiger partial charge in [-0.3, -0.25) is 4.40 Å². The first-order chi connectivity index (χ1) is 10.1. The zero-order valence-electron chi connectivity index (χ0n) is 10.5. The molecule has 0 unspecified atom stereocenters. The number of pyridine rings is 1. The van der Waals surface area contributed by atoms with Gasteiger partial charge in [0.25, 0.3) is 0 Å². The van der Waals surface area contributed by atoms with Crippen LogP contribution in [-0.4, -0.2) is 20.5 Å². The predicted octanol–water partition coefficient (Wildman–Crippen LogP) is 3.57. The minimum atomic E-state index is -1.18. The summed E-state index contributed by atoms with van der Waals surface area (Å²) in [5.74, 6) is -1.74. The smallest absolute Gasteiger partial charge is 0.356 e. The number of carboxylic acids is 1. The molecule has 5 nitrogen and oxygen atoms in total. The average molecular weight is 306 g/mol. The fourth-order valence-corrected chi connectivity index (χ4v) is 2.23. The number of fused-ring (bicyclic) bond motifs is 1. The molecule has 0 aliphatic carbocycles. The molecule has 0 aliphatic rings. The predicted molar refractivity (Wildman–Crippen MR) is 76.8 cm³/mol. The van der Waals surface area contributed by atoms with Crippen LogP contribution in [0.5, 0.6) is 0 Å². The van der Waals surface area contributed by atoms with Crippen LogP contribution in [0.3, 0.4) is 0 Å². The number of halogens is 2. The van der Waals surface area contributed by atoms with Crippen LogP contribution in [0.4, 0.5) is 15.9 Å². The van der Waals surface area contributed by atoms with E-state index < -0.39 is 11.8 Å². The third-order valence-corrected chi connectivity index (χ3v) is 3.25. The molecule has 21 heavy (non-hydrogen) atoms. The van der Waals surface area contributed by atoms with Crippen LogP contribution >= 0.6 is 11.6 Å². The molecule has 1 aromatic carbocycles. The molecule has 0 saturated heterocycles. The molecular weight excluding hydrogens is 297 g/mol. The topological polar surface area (TPSA) is 66.6 Å². The first-order valence-corrected chi connectivity index (χ1v) is 6.37. The number of anilines is 2. The van der Waals surface area contributed by atoms with Crippen molar-refractivity contribution >= 4 is 34.7 Å². The molecule has 2 aromatic heterocycles. The summed E-state index contributed by atoms with van der Waals surface area (Å²) in [5, 5.41) is 12.1. The monoisotopic (exact) mass is 305 g/mol. The summed E-state index contributed by atoms with van der Waals surface area (Å²) in [6.07, 6.45) is 1.57.